The van der Waals surface area contributed by atoms with Gasteiger partial charge in [-0.15, -0.1) is 0 Å². The highest BCUT2D eigenvalue weighted by molar-refractivity contribution is 5.78. The number of amides is 1. The largest absolute Gasteiger partial charge is 0.497 e. The molecule has 0 fully saturated rings. The average Bonchev–Trinajstić information content (AvgIpc) is 2.60. The molecule has 1 aromatic heterocycles. The van der Waals surface area contributed by atoms with Crippen LogP contribution in [0.5, 0.6) is 11.8 Å². The molecule has 0 saturated carbocycles. The Balaban J connectivity index is 1.96. The van der Waals surface area contributed by atoms with Gasteiger partial charge in [0.15, 0.2) is 5.82 Å². The van der Waals surface area contributed by atoms with Gasteiger partial charge in [-0.25, -0.2) is 0 Å². The molecule has 0 spiro atoms. The molecular formula is C16H21N5O3. The van der Waals surface area contributed by atoms with Crippen LogP contribution < -0.4 is 19.7 Å². The molecule has 128 valence electrons. The molecule has 1 aromatic carbocycles. The van der Waals surface area contributed by atoms with E-state index in [0.29, 0.717) is 11.8 Å². The topological polar surface area (TPSA) is 89.5 Å². The monoisotopic (exact) mass is 331 g/mol. The van der Waals surface area contributed by atoms with Crippen molar-refractivity contribution < 1.29 is 14.3 Å². The fourth-order valence-corrected chi connectivity index (χ4v) is 1.93. The predicted octanol–water partition coefficient (Wildman–Crippen LogP) is 0.814. The summed E-state index contributed by atoms with van der Waals surface area (Å²) < 4.78 is 10.1. The molecule has 0 saturated heterocycles. The van der Waals surface area contributed by atoms with Crippen LogP contribution >= 0.6 is 0 Å². The molecule has 0 bridgehead atoms. The Morgan fingerprint density at radius 2 is 1.79 bits per heavy atom. The Kier molecular flexibility index (Phi) is 5.89. The van der Waals surface area contributed by atoms with Crippen LogP contribution in [0.4, 0.5) is 5.95 Å². The highest BCUT2D eigenvalue weighted by atomic mass is 16.5. The summed E-state index contributed by atoms with van der Waals surface area (Å²) in [5.74, 6) is 1.55. The maximum Gasteiger partial charge on any atom is 0.321 e. The van der Waals surface area contributed by atoms with Crippen molar-refractivity contribution in [2.75, 3.05) is 33.2 Å². The van der Waals surface area contributed by atoms with Gasteiger partial charge in [-0.3, -0.25) is 4.79 Å². The van der Waals surface area contributed by atoms with Gasteiger partial charge in [0, 0.05) is 14.1 Å². The lowest BCUT2D eigenvalue weighted by molar-refractivity contribution is -0.120. The summed E-state index contributed by atoms with van der Waals surface area (Å²) in [7, 11) is 6.73. The zero-order valence-corrected chi connectivity index (χ0v) is 14.2. The van der Waals surface area contributed by atoms with Gasteiger partial charge in [-0.1, -0.05) is 12.1 Å². The van der Waals surface area contributed by atoms with Crippen LogP contribution in [0.1, 0.15) is 11.4 Å². The van der Waals surface area contributed by atoms with E-state index >= 15 is 0 Å². The number of carbonyl (C=O) groups excluding carboxylic acids is 1. The van der Waals surface area contributed by atoms with Crippen molar-refractivity contribution in [3.05, 3.63) is 35.7 Å². The van der Waals surface area contributed by atoms with E-state index in [0.717, 1.165) is 11.3 Å². The Labute approximate surface area is 140 Å². The fourth-order valence-electron chi connectivity index (χ4n) is 1.93. The molecule has 0 aliphatic heterocycles. The Morgan fingerprint density at radius 3 is 2.38 bits per heavy atom. The first-order valence-corrected chi connectivity index (χ1v) is 7.37. The molecule has 0 unspecified atom stereocenters. The predicted molar refractivity (Wildman–Crippen MR) is 89.3 cm³/mol. The molecule has 0 aliphatic carbocycles. The second-order valence-corrected chi connectivity index (χ2v) is 5.23. The highest BCUT2D eigenvalue weighted by Crippen LogP contribution is 2.12. The number of aromatic nitrogens is 3. The van der Waals surface area contributed by atoms with Crippen LogP contribution in [0.25, 0.3) is 0 Å². The lowest BCUT2D eigenvalue weighted by Crippen LogP contribution is -2.26. The Hall–Kier alpha value is -2.90. The van der Waals surface area contributed by atoms with E-state index in [1.54, 1.807) is 12.0 Å². The summed E-state index contributed by atoms with van der Waals surface area (Å²) in [4.78, 5) is 26.3. The van der Waals surface area contributed by atoms with Gasteiger partial charge in [0.1, 0.15) is 5.75 Å². The minimum Gasteiger partial charge on any atom is -0.497 e. The van der Waals surface area contributed by atoms with Gasteiger partial charge in [0.2, 0.25) is 11.9 Å². The van der Waals surface area contributed by atoms with Gasteiger partial charge in [0.05, 0.1) is 27.2 Å². The molecule has 0 radical (unpaired) electrons. The SMILES string of the molecule is COc1ccc(CC(=O)NCc2nc(OC)nc(N(C)C)n2)cc1. The number of carbonyl (C=O) groups is 1. The van der Waals surface area contributed by atoms with E-state index < -0.39 is 0 Å². The zero-order valence-electron chi connectivity index (χ0n) is 14.2. The van der Waals surface area contributed by atoms with Gasteiger partial charge < -0.3 is 19.7 Å². The molecule has 1 N–H and O–H groups in total. The number of ether oxygens (including phenoxy) is 2. The molecular weight excluding hydrogens is 310 g/mol. The smallest absolute Gasteiger partial charge is 0.321 e. The number of hydrogen-bond donors (Lipinski definition) is 1. The number of methoxy groups -OCH3 is 2. The van der Waals surface area contributed by atoms with Crippen molar-refractivity contribution in [1.82, 2.24) is 20.3 Å². The summed E-state index contributed by atoms with van der Waals surface area (Å²) in [5.41, 5.74) is 0.899. The summed E-state index contributed by atoms with van der Waals surface area (Å²) in [5, 5.41) is 2.80. The third-order valence-corrected chi connectivity index (χ3v) is 3.20. The molecule has 1 amide bonds. The number of rotatable bonds is 7. The number of benzene rings is 1. The number of nitrogens with one attached hydrogen (secondary N) is 1. The maximum absolute atomic E-state index is 12.1. The molecule has 0 aliphatic rings. The maximum atomic E-state index is 12.1. The van der Waals surface area contributed by atoms with Crippen molar-refractivity contribution in [2.45, 2.75) is 13.0 Å². The van der Waals surface area contributed by atoms with E-state index in [-0.39, 0.29) is 24.9 Å². The minimum atomic E-state index is -0.119. The van der Waals surface area contributed by atoms with Crippen LogP contribution in [0.15, 0.2) is 24.3 Å². The third kappa shape index (κ3) is 4.80. The molecule has 8 nitrogen and oxygen atoms in total. The van der Waals surface area contributed by atoms with E-state index in [1.165, 1.54) is 7.11 Å². The standard InChI is InChI=1S/C16H21N5O3/c1-21(2)15-18-13(19-16(20-15)24-4)10-17-14(22)9-11-5-7-12(23-3)8-6-11/h5-8H,9-10H2,1-4H3,(H,17,22). The first kappa shape index (κ1) is 17.5. The summed E-state index contributed by atoms with van der Waals surface area (Å²) >= 11 is 0. The van der Waals surface area contributed by atoms with E-state index in [1.807, 2.05) is 38.4 Å². The second-order valence-electron chi connectivity index (χ2n) is 5.23. The molecule has 0 atom stereocenters. The van der Waals surface area contributed by atoms with Crippen molar-refractivity contribution in [3.8, 4) is 11.8 Å². The van der Waals surface area contributed by atoms with Gasteiger partial charge >= 0.3 is 6.01 Å². The van der Waals surface area contributed by atoms with Crippen LogP contribution in [0, 0.1) is 0 Å². The average molecular weight is 331 g/mol. The summed E-state index contributed by atoms with van der Waals surface area (Å²) in [6.07, 6.45) is 0.271. The fraction of sp³-hybridized carbons (Fsp3) is 0.375. The van der Waals surface area contributed by atoms with E-state index in [9.17, 15) is 4.79 Å². The Morgan fingerprint density at radius 1 is 1.08 bits per heavy atom. The quantitative estimate of drug-likeness (QED) is 0.803. The number of hydrogen-bond acceptors (Lipinski definition) is 7. The second kappa shape index (κ2) is 8.09. The summed E-state index contributed by atoms with van der Waals surface area (Å²) in [6, 6.07) is 7.57. The van der Waals surface area contributed by atoms with Crippen LogP contribution in [0.3, 0.4) is 0 Å². The third-order valence-electron chi connectivity index (χ3n) is 3.20. The summed E-state index contributed by atoms with van der Waals surface area (Å²) in [6.45, 7) is 0.203. The molecule has 8 heteroatoms. The first-order chi connectivity index (χ1) is 11.5. The van der Waals surface area contributed by atoms with Crippen molar-refractivity contribution >= 4 is 11.9 Å². The highest BCUT2D eigenvalue weighted by Gasteiger charge is 2.10. The minimum absolute atomic E-state index is 0.119. The van der Waals surface area contributed by atoms with Gasteiger partial charge in [-0.2, -0.15) is 15.0 Å². The molecule has 2 aromatic rings. The molecule has 2 rings (SSSR count). The molecule has 1 heterocycles. The lowest BCUT2D eigenvalue weighted by atomic mass is 10.1. The van der Waals surface area contributed by atoms with Crippen LogP contribution in [-0.4, -0.2) is 49.2 Å². The van der Waals surface area contributed by atoms with E-state index in [4.69, 9.17) is 9.47 Å². The van der Waals surface area contributed by atoms with Gasteiger partial charge in [0.25, 0.3) is 0 Å². The normalized spacial score (nSPS) is 10.2. The Bertz CT molecular complexity index is 689. The lowest BCUT2D eigenvalue weighted by Gasteiger charge is -2.12. The van der Waals surface area contributed by atoms with Crippen LogP contribution in [-0.2, 0) is 17.8 Å². The van der Waals surface area contributed by atoms with Crippen molar-refractivity contribution in [3.63, 3.8) is 0 Å². The number of nitrogens with zero attached hydrogens (tertiary/aromatic N) is 4. The van der Waals surface area contributed by atoms with Crippen molar-refractivity contribution in [2.24, 2.45) is 0 Å². The van der Waals surface area contributed by atoms with Gasteiger partial charge in [-0.05, 0) is 17.7 Å². The van der Waals surface area contributed by atoms with E-state index in [2.05, 4.69) is 20.3 Å². The number of anilines is 1. The zero-order chi connectivity index (χ0) is 17.5. The van der Waals surface area contributed by atoms with Crippen LogP contribution in [0.2, 0.25) is 0 Å². The van der Waals surface area contributed by atoms with Crippen molar-refractivity contribution in [1.29, 1.82) is 0 Å². The molecule has 24 heavy (non-hydrogen) atoms. The first-order valence-electron chi connectivity index (χ1n) is 7.37.